The number of ether oxygens (including phenoxy) is 1. The summed E-state index contributed by atoms with van der Waals surface area (Å²) in [6, 6.07) is 5.77. The van der Waals surface area contributed by atoms with E-state index in [1.54, 1.807) is 23.8 Å². The lowest BCUT2D eigenvalue weighted by atomic mass is 9.95. The topological polar surface area (TPSA) is 79.3 Å². The molecule has 9 heteroatoms. The lowest BCUT2D eigenvalue weighted by Gasteiger charge is -2.37. The van der Waals surface area contributed by atoms with E-state index in [-0.39, 0.29) is 18.4 Å². The van der Waals surface area contributed by atoms with Gasteiger partial charge in [-0.25, -0.2) is 17.7 Å². The van der Waals surface area contributed by atoms with Gasteiger partial charge in [-0.3, -0.25) is 9.69 Å². The van der Waals surface area contributed by atoms with Gasteiger partial charge in [-0.15, -0.1) is 0 Å². The van der Waals surface area contributed by atoms with Gasteiger partial charge in [0.15, 0.2) is 5.17 Å². The van der Waals surface area contributed by atoms with Crippen LogP contribution in [0.2, 0.25) is 0 Å². The molecule has 0 radical (unpaired) electrons. The second kappa shape index (κ2) is 8.28. The minimum Gasteiger partial charge on any atom is -0.494 e. The van der Waals surface area contributed by atoms with Gasteiger partial charge in [-0.05, 0) is 51.3 Å². The number of methoxy groups -OCH3 is 1. The number of aryl methyl sites for hydroxylation is 1. The number of amidine groups is 1. The number of benzene rings is 1. The number of hydrogen-bond donors (Lipinski definition) is 0. The van der Waals surface area contributed by atoms with Crippen LogP contribution in [0.1, 0.15) is 32.3 Å². The number of carbonyl (C=O) groups excluding carboxylic acids is 1. The van der Waals surface area contributed by atoms with Gasteiger partial charge in [0.1, 0.15) is 11.4 Å². The summed E-state index contributed by atoms with van der Waals surface area (Å²) in [7, 11) is -1.71. The van der Waals surface area contributed by atoms with Crippen molar-refractivity contribution < 1.29 is 17.9 Å². The zero-order chi connectivity index (χ0) is 21.4. The van der Waals surface area contributed by atoms with Crippen molar-refractivity contribution in [3.05, 3.63) is 23.8 Å². The van der Waals surface area contributed by atoms with E-state index in [9.17, 15) is 13.2 Å². The fourth-order valence-corrected chi connectivity index (χ4v) is 5.87. The third-order valence-electron chi connectivity index (χ3n) is 5.32. The highest BCUT2D eigenvalue weighted by Crippen LogP contribution is 2.38. The van der Waals surface area contributed by atoms with Crippen molar-refractivity contribution >= 4 is 38.5 Å². The Hall–Kier alpha value is -1.58. The Morgan fingerprint density at radius 2 is 2.07 bits per heavy atom. The van der Waals surface area contributed by atoms with Crippen molar-refractivity contribution in [3.8, 4) is 5.75 Å². The molecule has 0 spiro atoms. The van der Waals surface area contributed by atoms with E-state index in [0.29, 0.717) is 36.0 Å². The van der Waals surface area contributed by atoms with Crippen LogP contribution >= 0.6 is 11.8 Å². The highest BCUT2D eigenvalue weighted by Gasteiger charge is 2.45. The third kappa shape index (κ3) is 4.78. The fourth-order valence-electron chi connectivity index (χ4n) is 3.72. The molecule has 0 saturated carbocycles. The molecule has 1 aromatic carbocycles. The van der Waals surface area contributed by atoms with Gasteiger partial charge in [0.2, 0.25) is 15.9 Å². The van der Waals surface area contributed by atoms with Crippen molar-refractivity contribution in [2.45, 2.75) is 39.2 Å². The Morgan fingerprint density at radius 3 is 2.72 bits per heavy atom. The molecule has 3 rings (SSSR count). The van der Waals surface area contributed by atoms with Crippen LogP contribution in [0.25, 0.3) is 0 Å². The molecule has 2 fully saturated rings. The molecule has 0 bridgehead atoms. The number of carbonyl (C=O) groups is 1. The molecular weight excluding hydrogens is 410 g/mol. The van der Waals surface area contributed by atoms with Crippen LogP contribution in [-0.2, 0) is 14.8 Å². The van der Waals surface area contributed by atoms with Gasteiger partial charge in [0, 0.05) is 18.8 Å². The van der Waals surface area contributed by atoms with Crippen LogP contribution in [0.15, 0.2) is 23.2 Å². The molecule has 2 aliphatic heterocycles. The lowest BCUT2D eigenvalue weighted by molar-refractivity contribution is -0.135. The Labute approximate surface area is 177 Å². The first-order valence-corrected chi connectivity index (χ1v) is 12.5. The fraction of sp³-hybridized carbons (Fsp3) is 0.600. The summed E-state index contributed by atoms with van der Waals surface area (Å²) in [5, 5.41) is 0.639. The number of aliphatic imine (C=N–C) groups is 1. The van der Waals surface area contributed by atoms with Crippen LogP contribution < -0.4 is 4.74 Å². The minimum absolute atomic E-state index is 0.0567. The molecule has 7 nitrogen and oxygen atoms in total. The Kier molecular flexibility index (Phi) is 6.31. The molecule has 2 heterocycles. The standard InChI is InChI=1S/C20H29N3O4S2/c1-14-8-9-17(27-4)16(11-14)21-19-23(20(2,3)13-28-19)18(24)15-7-6-10-22(12-15)29(5,25)26/h8-9,11,15H,6-7,10,12-13H2,1-5H3. The van der Waals surface area contributed by atoms with Crippen LogP contribution in [0.5, 0.6) is 5.75 Å². The average Bonchev–Trinajstić information content (AvgIpc) is 2.95. The van der Waals surface area contributed by atoms with Crippen molar-refractivity contribution in [3.63, 3.8) is 0 Å². The second-order valence-electron chi connectivity index (χ2n) is 8.30. The van der Waals surface area contributed by atoms with Crippen LogP contribution in [0.4, 0.5) is 5.69 Å². The smallest absolute Gasteiger partial charge is 0.233 e. The van der Waals surface area contributed by atoms with E-state index in [1.807, 2.05) is 39.0 Å². The van der Waals surface area contributed by atoms with Gasteiger partial charge in [0.05, 0.1) is 24.8 Å². The molecule has 2 aliphatic rings. The van der Waals surface area contributed by atoms with Crippen LogP contribution in [0.3, 0.4) is 0 Å². The number of sulfonamides is 1. The monoisotopic (exact) mass is 439 g/mol. The molecular formula is C20H29N3O4S2. The summed E-state index contributed by atoms with van der Waals surface area (Å²) in [6.45, 7) is 6.73. The van der Waals surface area contributed by atoms with Crippen molar-refractivity contribution in [1.82, 2.24) is 9.21 Å². The van der Waals surface area contributed by atoms with E-state index >= 15 is 0 Å². The number of amides is 1. The summed E-state index contributed by atoms with van der Waals surface area (Å²) in [4.78, 5) is 20.0. The van der Waals surface area contributed by atoms with Crippen LogP contribution in [-0.4, -0.2) is 66.4 Å². The molecule has 0 aromatic heterocycles. The van der Waals surface area contributed by atoms with Gasteiger partial charge < -0.3 is 4.74 Å². The zero-order valence-electron chi connectivity index (χ0n) is 17.6. The van der Waals surface area contributed by atoms with E-state index in [0.717, 1.165) is 11.3 Å². The first kappa shape index (κ1) is 22.1. The molecule has 1 atom stereocenters. The summed E-state index contributed by atoms with van der Waals surface area (Å²) < 4.78 is 30.8. The Balaban J connectivity index is 1.93. The second-order valence-corrected chi connectivity index (χ2v) is 11.2. The SMILES string of the molecule is COc1ccc(C)cc1N=C1SCC(C)(C)N1C(=O)C1CCCN(S(C)(=O)=O)C1. The van der Waals surface area contributed by atoms with Crippen molar-refractivity contribution in [2.24, 2.45) is 10.9 Å². The molecule has 160 valence electrons. The first-order chi connectivity index (χ1) is 13.5. The van der Waals surface area contributed by atoms with Gasteiger partial charge in [-0.1, -0.05) is 17.8 Å². The van der Waals surface area contributed by atoms with E-state index < -0.39 is 15.6 Å². The summed E-state index contributed by atoms with van der Waals surface area (Å²) in [5.41, 5.74) is 1.35. The van der Waals surface area contributed by atoms with E-state index in [1.165, 1.54) is 10.6 Å². The van der Waals surface area contributed by atoms with Gasteiger partial charge in [0.25, 0.3) is 0 Å². The first-order valence-electron chi connectivity index (χ1n) is 9.68. The molecule has 0 N–H and O–H groups in total. The van der Waals surface area contributed by atoms with Crippen molar-refractivity contribution in [1.29, 1.82) is 0 Å². The molecule has 1 unspecified atom stereocenters. The largest absolute Gasteiger partial charge is 0.494 e. The number of rotatable bonds is 4. The Bertz CT molecular complexity index is 928. The highest BCUT2D eigenvalue weighted by atomic mass is 32.2. The third-order valence-corrected chi connectivity index (χ3v) is 7.98. The zero-order valence-corrected chi connectivity index (χ0v) is 19.3. The van der Waals surface area contributed by atoms with Crippen molar-refractivity contribution in [2.75, 3.05) is 32.2 Å². The Morgan fingerprint density at radius 1 is 1.34 bits per heavy atom. The molecule has 29 heavy (non-hydrogen) atoms. The summed E-state index contributed by atoms with van der Waals surface area (Å²) >= 11 is 1.54. The number of nitrogens with zero attached hydrogens (tertiary/aromatic N) is 3. The van der Waals surface area contributed by atoms with Gasteiger partial charge >= 0.3 is 0 Å². The molecule has 0 aliphatic carbocycles. The quantitative estimate of drug-likeness (QED) is 0.721. The highest BCUT2D eigenvalue weighted by molar-refractivity contribution is 8.14. The van der Waals surface area contributed by atoms with E-state index in [2.05, 4.69) is 0 Å². The number of thioether (sulfide) groups is 1. The number of piperidine rings is 1. The predicted molar refractivity (Wildman–Crippen MR) is 117 cm³/mol. The minimum atomic E-state index is -3.31. The van der Waals surface area contributed by atoms with Gasteiger partial charge in [-0.2, -0.15) is 0 Å². The number of hydrogen-bond acceptors (Lipinski definition) is 6. The lowest BCUT2D eigenvalue weighted by Crippen LogP contribution is -2.52. The maximum absolute atomic E-state index is 13.5. The van der Waals surface area contributed by atoms with E-state index in [4.69, 9.17) is 9.73 Å². The predicted octanol–water partition coefficient (Wildman–Crippen LogP) is 3.02. The maximum Gasteiger partial charge on any atom is 0.233 e. The summed E-state index contributed by atoms with van der Waals surface area (Å²) in [6.07, 6.45) is 2.57. The normalized spacial score (nSPS) is 24.1. The molecule has 2 saturated heterocycles. The average molecular weight is 440 g/mol. The molecule has 1 amide bonds. The van der Waals surface area contributed by atoms with Crippen LogP contribution in [0, 0.1) is 12.8 Å². The molecule has 1 aromatic rings. The summed E-state index contributed by atoms with van der Waals surface area (Å²) in [5.74, 6) is 0.968. The maximum atomic E-state index is 13.5.